The van der Waals surface area contributed by atoms with E-state index in [0.29, 0.717) is 29.8 Å². The maximum Gasteiger partial charge on any atom is 0.404 e. The van der Waals surface area contributed by atoms with E-state index < -0.39 is 12.2 Å². The van der Waals surface area contributed by atoms with Crippen molar-refractivity contribution in [2.24, 2.45) is 18.7 Å². The number of fused-ring (bicyclic) bond motifs is 2. The van der Waals surface area contributed by atoms with Gasteiger partial charge in [0.15, 0.2) is 5.82 Å². The van der Waals surface area contributed by atoms with Crippen molar-refractivity contribution in [1.29, 1.82) is 0 Å². The van der Waals surface area contributed by atoms with Crippen LogP contribution in [-0.2, 0) is 18.3 Å². The molecule has 1 aromatic carbocycles. The number of methoxy groups -OCH3 is 1. The van der Waals surface area contributed by atoms with Crippen molar-refractivity contribution < 1.29 is 19.1 Å². The van der Waals surface area contributed by atoms with Gasteiger partial charge in [0.2, 0.25) is 0 Å². The number of aromatic nitrogens is 3. The molecule has 0 unspecified atom stereocenters. The van der Waals surface area contributed by atoms with Gasteiger partial charge in [-0.15, -0.1) is 11.3 Å². The van der Waals surface area contributed by atoms with Gasteiger partial charge in [-0.2, -0.15) is 0 Å². The molecule has 2 N–H and O–H groups in total. The number of piperidine rings is 1. The summed E-state index contributed by atoms with van der Waals surface area (Å²) < 4.78 is 15.4. The summed E-state index contributed by atoms with van der Waals surface area (Å²) >= 11 is 1.76. The predicted molar refractivity (Wildman–Crippen MR) is 143 cm³/mol. The smallest absolute Gasteiger partial charge is 0.404 e. The Morgan fingerprint density at radius 3 is 2.73 bits per heavy atom. The number of benzene rings is 1. The summed E-state index contributed by atoms with van der Waals surface area (Å²) in [6.07, 6.45) is 2.73. The topological polar surface area (TPSA) is 105 Å². The largest absolute Gasteiger partial charge is 0.494 e. The quantitative estimate of drug-likeness (QED) is 0.394. The Hall–Kier alpha value is -3.53. The number of rotatable bonds is 6. The lowest BCUT2D eigenvalue weighted by Crippen LogP contribution is -2.49. The minimum atomic E-state index is -0.817. The fraction of sp³-hybridized carbons (Fsp3) is 0.444. The number of carbonyl (C=O) groups excluding carboxylic acids is 2. The van der Waals surface area contributed by atoms with Gasteiger partial charge >= 0.3 is 6.09 Å². The molecule has 2 fully saturated rings. The maximum absolute atomic E-state index is 13.6. The van der Waals surface area contributed by atoms with E-state index in [4.69, 9.17) is 20.2 Å². The second-order valence-corrected chi connectivity index (χ2v) is 11.1. The van der Waals surface area contributed by atoms with Crippen LogP contribution in [0.15, 0.2) is 29.6 Å². The Labute approximate surface area is 218 Å². The molecule has 10 heteroatoms. The third-order valence-corrected chi connectivity index (χ3v) is 8.60. The van der Waals surface area contributed by atoms with Crippen LogP contribution in [0.4, 0.5) is 4.79 Å². The van der Waals surface area contributed by atoms with E-state index in [1.807, 2.05) is 20.0 Å². The molecule has 194 valence electrons. The van der Waals surface area contributed by atoms with Gasteiger partial charge in [-0.1, -0.05) is 0 Å². The highest BCUT2D eigenvalue weighted by Gasteiger charge is 2.32. The van der Waals surface area contributed by atoms with E-state index >= 15 is 0 Å². The zero-order chi connectivity index (χ0) is 25.8. The molecule has 1 aliphatic carbocycles. The van der Waals surface area contributed by atoms with Crippen molar-refractivity contribution in [3.8, 4) is 17.3 Å². The molecular formula is C27H31N5O4S. The van der Waals surface area contributed by atoms with Crippen molar-refractivity contribution >= 4 is 44.6 Å². The lowest BCUT2D eigenvalue weighted by atomic mass is 9.99. The van der Waals surface area contributed by atoms with Gasteiger partial charge in [0, 0.05) is 30.6 Å². The van der Waals surface area contributed by atoms with Crippen molar-refractivity contribution in [1.82, 2.24) is 19.0 Å². The second kappa shape index (κ2) is 9.09. The molecule has 6 rings (SSSR count). The summed E-state index contributed by atoms with van der Waals surface area (Å²) in [5.41, 5.74) is 8.35. The Morgan fingerprint density at radius 2 is 2.00 bits per heavy atom. The molecule has 0 bridgehead atoms. The summed E-state index contributed by atoms with van der Waals surface area (Å²) in [7, 11) is 3.61. The fourth-order valence-corrected chi connectivity index (χ4v) is 6.41. The number of hydrogen-bond donors (Lipinski definition) is 1. The van der Waals surface area contributed by atoms with E-state index in [1.54, 1.807) is 29.4 Å². The molecule has 1 aliphatic heterocycles. The molecule has 2 aliphatic rings. The molecule has 1 saturated carbocycles. The van der Waals surface area contributed by atoms with Gasteiger partial charge in [-0.25, -0.2) is 9.78 Å². The average Bonchev–Trinajstić information content (AvgIpc) is 3.32. The molecule has 2 amide bonds. The van der Waals surface area contributed by atoms with Crippen LogP contribution in [0, 0.1) is 5.92 Å². The van der Waals surface area contributed by atoms with Crippen LogP contribution in [0.2, 0.25) is 0 Å². The Kier molecular flexibility index (Phi) is 5.86. The first kappa shape index (κ1) is 23.8. The number of primary amides is 1. The zero-order valence-electron chi connectivity index (χ0n) is 21.3. The first-order valence-corrected chi connectivity index (χ1v) is 13.6. The third kappa shape index (κ3) is 4.22. The summed E-state index contributed by atoms with van der Waals surface area (Å²) in [5.74, 6) is 2.02. The van der Waals surface area contributed by atoms with E-state index in [-0.39, 0.29) is 11.9 Å². The van der Waals surface area contributed by atoms with E-state index in [0.717, 1.165) is 35.9 Å². The number of aryl methyl sites for hydroxylation is 1. The Balaban J connectivity index is 1.40. The SMILES string of the molecule is COc1cc(C(=O)N2C[C@H](OC(N)=O)CC[C@@H]2C)cc2nc(-c3cc4ccsc4n3CC3CC3)n(C)c12. The molecule has 0 radical (unpaired) electrons. The second-order valence-electron chi connectivity index (χ2n) is 10.2. The minimum Gasteiger partial charge on any atom is -0.494 e. The standard InChI is InChI=1S/C27H31N5O4S/c1-15-4-7-19(36-27(28)34)14-31(15)25(33)18-10-20-23(22(12-18)35-3)30(2)24(29-20)21-11-17-8-9-37-26(17)32(21)13-16-5-6-16/h8-12,15-16,19H,4-7,13-14H2,1-3H3,(H2,28,34)/t15-,19+/m0/s1. The average molecular weight is 522 g/mol. The van der Waals surface area contributed by atoms with Crippen molar-refractivity contribution in [3.63, 3.8) is 0 Å². The lowest BCUT2D eigenvalue weighted by molar-refractivity contribution is 0.0220. The van der Waals surface area contributed by atoms with Crippen LogP contribution in [0.25, 0.3) is 32.8 Å². The summed E-state index contributed by atoms with van der Waals surface area (Å²) in [6.45, 7) is 3.31. The van der Waals surface area contributed by atoms with Gasteiger partial charge < -0.3 is 29.2 Å². The fourth-order valence-electron chi connectivity index (χ4n) is 5.50. The van der Waals surface area contributed by atoms with Gasteiger partial charge in [0.1, 0.15) is 22.2 Å². The number of ether oxygens (including phenoxy) is 2. The van der Waals surface area contributed by atoms with E-state index in [1.165, 1.54) is 23.1 Å². The predicted octanol–water partition coefficient (Wildman–Crippen LogP) is 4.76. The van der Waals surface area contributed by atoms with Crippen molar-refractivity contribution in [2.45, 2.75) is 51.3 Å². The Bertz CT molecular complexity index is 1510. The highest BCUT2D eigenvalue weighted by Crippen LogP contribution is 2.39. The number of amides is 2. The van der Waals surface area contributed by atoms with Gasteiger partial charge in [0.05, 0.1) is 24.9 Å². The van der Waals surface area contributed by atoms with Crippen molar-refractivity contribution in [2.75, 3.05) is 13.7 Å². The molecule has 4 heterocycles. The summed E-state index contributed by atoms with van der Waals surface area (Å²) in [6, 6.07) is 8.00. The number of hydrogen-bond acceptors (Lipinski definition) is 6. The van der Waals surface area contributed by atoms with Gasteiger partial charge in [-0.05, 0) is 68.2 Å². The highest BCUT2D eigenvalue weighted by atomic mass is 32.1. The summed E-state index contributed by atoms with van der Waals surface area (Å²) in [5, 5.41) is 3.36. The van der Waals surface area contributed by atoms with Crippen LogP contribution in [0.5, 0.6) is 5.75 Å². The number of nitrogens with zero attached hydrogens (tertiary/aromatic N) is 4. The molecule has 2 atom stereocenters. The first-order chi connectivity index (χ1) is 17.8. The number of nitrogens with two attached hydrogens (primary N) is 1. The molecule has 3 aromatic heterocycles. The number of thiophene rings is 1. The van der Waals surface area contributed by atoms with Crippen LogP contribution in [0.3, 0.4) is 0 Å². The first-order valence-electron chi connectivity index (χ1n) is 12.7. The van der Waals surface area contributed by atoms with E-state index in [2.05, 4.69) is 26.6 Å². The van der Waals surface area contributed by atoms with E-state index in [9.17, 15) is 9.59 Å². The number of likely N-dealkylation sites (tertiary alicyclic amines) is 1. The molecule has 9 nitrogen and oxygen atoms in total. The highest BCUT2D eigenvalue weighted by molar-refractivity contribution is 7.16. The minimum absolute atomic E-state index is 0.0138. The molecule has 1 saturated heterocycles. The Morgan fingerprint density at radius 1 is 1.19 bits per heavy atom. The molecule has 0 spiro atoms. The van der Waals surface area contributed by atoms with Crippen molar-refractivity contribution in [3.05, 3.63) is 35.2 Å². The monoisotopic (exact) mass is 521 g/mol. The van der Waals surface area contributed by atoms with Crippen LogP contribution in [-0.4, -0.2) is 56.8 Å². The maximum atomic E-state index is 13.6. The zero-order valence-corrected chi connectivity index (χ0v) is 22.1. The molecule has 4 aromatic rings. The molecule has 37 heavy (non-hydrogen) atoms. The summed E-state index contributed by atoms with van der Waals surface area (Å²) in [4.78, 5) is 33.0. The third-order valence-electron chi connectivity index (χ3n) is 7.65. The number of carbonyl (C=O) groups is 2. The molecular weight excluding hydrogens is 490 g/mol. The van der Waals surface area contributed by atoms with Crippen LogP contribution in [0.1, 0.15) is 43.0 Å². The van der Waals surface area contributed by atoms with Crippen LogP contribution >= 0.6 is 11.3 Å². The van der Waals surface area contributed by atoms with Crippen LogP contribution < -0.4 is 10.5 Å². The lowest BCUT2D eigenvalue weighted by Gasteiger charge is -2.37. The van der Waals surface area contributed by atoms with Gasteiger partial charge in [0.25, 0.3) is 5.91 Å². The number of imidazole rings is 1. The normalized spacial score (nSPS) is 20.0. The van der Waals surface area contributed by atoms with Gasteiger partial charge in [-0.3, -0.25) is 4.79 Å².